The number of aromatic nitrogens is 1. The van der Waals surface area contributed by atoms with Gasteiger partial charge in [-0.25, -0.2) is 4.98 Å². The van der Waals surface area contributed by atoms with Crippen molar-refractivity contribution in [3.63, 3.8) is 0 Å². The van der Waals surface area contributed by atoms with Gasteiger partial charge in [0.1, 0.15) is 5.54 Å². The van der Waals surface area contributed by atoms with Crippen LogP contribution in [0.4, 0.5) is 13.2 Å². The maximum Gasteiger partial charge on any atom is 0.406 e. The zero-order valence-corrected chi connectivity index (χ0v) is 9.87. The smallest absolute Gasteiger partial charge is 0.295 e. The SMILES string of the molecule is Cc1nc(C(C)NC2(C(F)(F)F)CC2)cs1. The van der Waals surface area contributed by atoms with Crippen LogP contribution in [0, 0.1) is 6.92 Å². The number of alkyl halides is 3. The molecule has 0 aromatic carbocycles. The van der Waals surface area contributed by atoms with Crippen molar-refractivity contribution in [3.8, 4) is 0 Å². The second-order valence-electron chi connectivity index (χ2n) is 4.24. The van der Waals surface area contributed by atoms with E-state index in [9.17, 15) is 13.2 Å². The predicted octanol–water partition coefficient (Wildman–Crippen LogP) is 3.20. The summed E-state index contributed by atoms with van der Waals surface area (Å²) in [4.78, 5) is 4.19. The highest BCUT2D eigenvalue weighted by Crippen LogP contribution is 2.50. The first-order valence-corrected chi connectivity index (χ1v) is 5.98. The molecule has 1 aromatic rings. The van der Waals surface area contributed by atoms with E-state index in [1.54, 1.807) is 12.3 Å². The molecule has 1 fully saturated rings. The summed E-state index contributed by atoms with van der Waals surface area (Å²) in [7, 11) is 0. The summed E-state index contributed by atoms with van der Waals surface area (Å²) >= 11 is 1.45. The van der Waals surface area contributed by atoms with E-state index in [2.05, 4.69) is 10.3 Å². The molecule has 0 amide bonds. The molecule has 0 radical (unpaired) electrons. The molecule has 1 heterocycles. The third-order valence-corrected chi connectivity index (χ3v) is 3.66. The zero-order chi connectivity index (χ0) is 12.0. The molecule has 1 aliphatic carbocycles. The van der Waals surface area contributed by atoms with Crippen LogP contribution in [0.3, 0.4) is 0 Å². The molecule has 0 bridgehead atoms. The molecule has 16 heavy (non-hydrogen) atoms. The van der Waals surface area contributed by atoms with Gasteiger partial charge in [-0.2, -0.15) is 13.2 Å². The van der Waals surface area contributed by atoms with Crippen molar-refractivity contribution in [3.05, 3.63) is 16.1 Å². The van der Waals surface area contributed by atoms with Gasteiger partial charge in [-0.05, 0) is 26.7 Å². The van der Waals surface area contributed by atoms with Crippen molar-refractivity contribution in [1.29, 1.82) is 0 Å². The Hall–Kier alpha value is -0.620. The molecule has 6 heteroatoms. The molecule has 90 valence electrons. The van der Waals surface area contributed by atoms with Gasteiger partial charge in [0.05, 0.1) is 10.7 Å². The van der Waals surface area contributed by atoms with Crippen LogP contribution in [0.5, 0.6) is 0 Å². The van der Waals surface area contributed by atoms with Crippen molar-refractivity contribution < 1.29 is 13.2 Å². The molecule has 2 rings (SSSR count). The lowest BCUT2D eigenvalue weighted by atomic mass is 10.2. The van der Waals surface area contributed by atoms with Crippen LogP contribution >= 0.6 is 11.3 Å². The number of halogens is 3. The second-order valence-corrected chi connectivity index (χ2v) is 5.30. The number of hydrogen-bond donors (Lipinski definition) is 1. The van der Waals surface area contributed by atoms with Crippen LogP contribution in [0.2, 0.25) is 0 Å². The maximum atomic E-state index is 12.7. The summed E-state index contributed by atoms with van der Waals surface area (Å²) in [5.41, 5.74) is -0.970. The minimum atomic E-state index is -4.16. The van der Waals surface area contributed by atoms with E-state index >= 15 is 0 Å². The summed E-state index contributed by atoms with van der Waals surface area (Å²) in [5.74, 6) is 0. The Morgan fingerprint density at radius 1 is 1.50 bits per heavy atom. The standard InChI is InChI=1S/C10H13F3N2S/c1-6(8-5-16-7(2)14-8)15-9(3-4-9)10(11,12)13/h5-6,15H,3-4H2,1-2H3. The van der Waals surface area contributed by atoms with Crippen molar-refractivity contribution in [2.45, 2.75) is 44.4 Å². The van der Waals surface area contributed by atoms with E-state index in [0.29, 0.717) is 5.69 Å². The van der Waals surface area contributed by atoms with Gasteiger partial charge in [-0.1, -0.05) is 0 Å². The van der Waals surface area contributed by atoms with E-state index in [4.69, 9.17) is 0 Å². The van der Waals surface area contributed by atoms with Crippen LogP contribution < -0.4 is 5.32 Å². The Labute approximate surface area is 95.9 Å². The highest BCUT2D eigenvalue weighted by atomic mass is 32.1. The van der Waals surface area contributed by atoms with Crippen LogP contribution in [0.25, 0.3) is 0 Å². The third-order valence-electron chi connectivity index (χ3n) is 2.87. The molecular weight excluding hydrogens is 237 g/mol. The van der Waals surface area contributed by atoms with Crippen molar-refractivity contribution in [2.24, 2.45) is 0 Å². The van der Waals surface area contributed by atoms with Gasteiger partial charge in [-0.15, -0.1) is 11.3 Å². The zero-order valence-electron chi connectivity index (χ0n) is 9.06. The fourth-order valence-electron chi connectivity index (χ4n) is 1.70. The molecule has 1 aliphatic rings. The van der Waals surface area contributed by atoms with Gasteiger partial charge in [-0.3, -0.25) is 5.32 Å². The Morgan fingerprint density at radius 3 is 2.50 bits per heavy atom. The lowest BCUT2D eigenvalue weighted by Gasteiger charge is -2.24. The summed E-state index contributed by atoms with van der Waals surface area (Å²) in [5, 5.41) is 5.34. The summed E-state index contributed by atoms with van der Waals surface area (Å²) in [6.07, 6.45) is -3.82. The minimum Gasteiger partial charge on any atom is -0.295 e. The molecule has 0 spiro atoms. The number of aryl methyl sites for hydroxylation is 1. The Kier molecular flexibility index (Phi) is 2.74. The molecule has 0 aliphatic heterocycles. The number of nitrogens with one attached hydrogen (secondary N) is 1. The molecule has 1 atom stereocenters. The number of nitrogens with zero attached hydrogens (tertiary/aromatic N) is 1. The van der Waals surface area contributed by atoms with Gasteiger partial charge in [0.2, 0.25) is 0 Å². The van der Waals surface area contributed by atoms with Gasteiger partial charge < -0.3 is 0 Å². The van der Waals surface area contributed by atoms with Crippen LogP contribution in [-0.4, -0.2) is 16.7 Å². The van der Waals surface area contributed by atoms with Crippen LogP contribution in [0.15, 0.2) is 5.38 Å². The first-order valence-electron chi connectivity index (χ1n) is 5.10. The number of thiazole rings is 1. The highest BCUT2D eigenvalue weighted by molar-refractivity contribution is 7.09. The number of hydrogen-bond acceptors (Lipinski definition) is 3. The Morgan fingerprint density at radius 2 is 2.12 bits per heavy atom. The normalized spacial score (nSPS) is 20.8. The van der Waals surface area contributed by atoms with Crippen molar-refractivity contribution in [2.75, 3.05) is 0 Å². The highest BCUT2D eigenvalue weighted by Gasteiger charge is 2.63. The average molecular weight is 250 g/mol. The fourth-order valence-corrected chi connectivity index (χ4v) is 2.41. The van der Waals surface area contributed by atoms with Gasteiger partial charge in [0.25, 0.3) is 0 Å². The first kappa shape index (κ1) is 11.9. The number of rotatable bonds is 3. The van der Waals surface area contributed by atoms with E-state index < -0.39 is 11.7 Å². The van der Waals surface area contributed by atoms with E-state index in [0.717, 1.165) is 5.01 Å². The minimum absolute atomic E-state index is 0.171. The summed E-state index contributed by atoms with van der Waals surface area (Å²) in [6, 6.07) is -0.353. The monoisotopic (exact) mass is 250 g/mol. The second kappa shape index (κ2) is 3.70. The third kappa shape index (κ3) is 2.08. The lowest BCUT2D eigenvalue weighted by Crippen LogP contribution is -2.45. The molecule has 1 unspecified atom stereocenters. The average Bonchev–Trinajstić information content (AvgIpc) is 2.81. The van der Waals surface area contributed by atoms with Crippen molar-refractivity contribution >= 4 is 11.3 Å². The molecule has 1 saturated carbocycles. The fraction of sp³-hybridized carbons (Fsp3) is 0.700. The summed E-state index contributed by atoms with van der Waals surface area (Å²) < 4.78 is 38.1. The van der Waals surface area contributed by atoms with E-state index in [1.165, 1.54) is 11.3 Å². The van der Waals surface area contributed by atoms with Crippen molar-refractivity contribution in [1.82, 2.24) is 10.3 Å². The molecule has 2 nitrogen and oxygen atoms in total. The lowest BCUT2D eigenvalue weighted by molar-refractivity contribution is -0.167. The first-order chi connectivity index (χ1) is 7.34. The largest absolute Gasteiger partial charge is 0.406 e. The Bertz CT molecular complexity index is 382. The maximum absolute atomic E-state index is 12.7. The van der Waals surface area contributed by atoms with Crippen LogP contribution in [-0.2, 0) is 0 Å². The summed E-state index contributed by atoms with van der Waals surface area (Å²) in [6.45, 7) is 3.57. The molecule has 0 saturated heterocycles. The Balaban J connectivity index is 2.06. The van der Waals surface area contributed by atoms with Gasteiger partial charge in [0, 0.05) is 11.4 Å². The van der Waals surface area contributed by atoms with E-state index in [-0.39, 0.29) is 18.9 Å². The molecule has 1 N–H and O–H groups in total. The molecule has 1 aromatic heterocycles. The van der Waals surface area contributed by atoms with Gasteiger partial charge in [0.15, 0.2) is 0 Å². The van der Waals surface area contributed by atoms with Gasteiger partial charge >= 0.3 is 6.18 Å². The topological polar surface area (TPSA) is 24.9 Å². The predicted molar refractivity (Wildman–Crippen MR) is 56.4 cm³/mol. The molecular formula is C10H13F3N2S. The van der Waals surface area contributed by atoms with E-state index in [1.807, 2.05) is 6.92 Å². The quantitative estimate of drug-likeness (QED) is 0.891. The van der Waals surface area contributed by atoms with Crippen LogP contribution in [0.1, 0.15) is 36.5 Å².